The Kier molecular flexibility index (Phi) is 6.83. The van der Waals surface area contributed by atoms with Crippen molar-refractivity contribution in [1.82, 2.24) is 25.2 Å². The van der Waals surface area contributed by atoms with Crippen LogP contribution in [0, 0.1) is 0 Å². The van der Waals surface area contributed by atoms with Gasteiger partial charge in [0.2, 0.25) is 5.16 Å². The lowest BCUT2D eigenvalue weighted by molar-refractivity contribution is 0.305. The maximum Gasteiger partial charge on any atom is 0.210 e. The first-order valence-corrected chi connectivity index (χ1v) is 11.3. The number of ether oxygens (including phenoxy) is 2. The summed E-state index contributed by atoms with van der Waals surface area (Å²) in [6.07, 6.45) is 0. The van der Waals surface area contributed by atoms with Crippen molar-refractivity contribution < 1.29 is 9.47 Å². The number of rotatable bonds is 9. The minimum atomic E-state index is 0.423. The first kappa shape index (κ1) is 20.6. The van der Waals surface area contributed by atoms with Gasteiger partial charge in [-0.2, -0.15) is 0 Å². The zero-order valence-corrected chi connectivity index (χ0v) is 18.5. The molecular formula is C20H18ClN5O2S2. The Hall–Kier alpha value is -2.62. The molecule has 0 aliphatic carbocycles. The van der Waals surface area contributed by atoms with Gasteiger partial charge < -0.3 is 9.47 Å². The average molecular weight is 460 g/mol. The van der Waals surface area contributed by atoms with Crippen LogP contribution in [0.25, 0.3) is 0 Å². The summed E-state index contributed by atoms with van der Waals surface area (Å²) in [7, 11) is 1.65. The molecule has 154 valence electrons. The molecule has 2 heterocycles. The highest BCUT2D eigenvalue weighted by atomic mass is 35.5. The van der Waals surface area contributed by atoms with E-state index < -0.39 is 0 Å². The van der Waals surface area contributed by atoms with Crippen molar-refractivity contribution in [1.29, 1.82) is 0 Å². The van der Waals surface area contributed by atoms with Gasteiger partial charge in [0, 0.05) is 16.2 Å². The molecule has 30 heavy (non-hydrogen) atoms. The summed E-state index contributed by atoms with van der Waals surface area (Å²) in [6.45, 7) is 1.02. The number of tetrazole rings is 1. The normalized spacial score (nSPS) is 10.9. The molecule has 0 aliphatic heterocycles. The summed E-state index contributed by atoms with van der Waals surface area (Å²) in [4.78, 5) is 4.63. The zero-order chi connectivity index (χ0) is 20.8. The molecule has 10 heteroatoms. The van der Waals surface area contributed by atoms with E-state index in [0.29, 0.717) is 23.9 Å². The molecule has 2 aromatic heterocycles. The van der Waals surface area contributed by atoms with Gasteiger partial charge >= 0.3 is 0 Å². The predicted molar refractivity (Wildman–Crippen MR) is 117 cm³/mol. The predicted octanol–water partition coefficient (Wildman–Crippen LogP) is 4.71. The number of methoxy groups -OCH3 is 1. The van der Waals surface area contributed by atoms with Crippen molar-refractivity contribution in [3.05, 3.63) is 75.2 Å². The summed E-state index contributed by atoms with van der Waals surface area (Å²) in [5.41, 5.74) is 2.07. The Morgan fingerprint density at radius 3 is 2.60 bits per heavy atom. The van der Waals surface area contributed by atoms with E-state index in [1.807, 2.05) is 41.8 Å². The Bertz CT molecular complexity index is 1080. The van der Waals surface area contributed by atoms with Gasteiger partial charge in [-0.15, -0.1) is 16.4 Å². The Morgan fingerprint density at radius 1 is 1.07 bits per heavy atom. The summed E-state index contributed by atoms with van der Waals surface area (Å²) < 4.78 is 12.7. The highest BCUT2D eigenvalue weighted by molar-refractivity contribution is 7.98. The molecule has 0 aliphatic rings. The van der Waals surface area contributed by atoms with Gasteiger partial charge in [-0.3, -0.25) is 0 Å². The lowest BCUT2D eigenvalue weighted by Gasteiger charge is -2.05. The van der Waals surface area contributed by atoms with Gasteiger partial charge in [0.25, 0.3) is 0 Å². The van der Waals surface area contributed by atoms with Gasteiger partial charge in [0.1, 0.15) is 23.1 Å². The van der Waals surface area contributed by atoms with Crippen LogP contribution in [-0.2, 0) is 18.9 Å². The van der Waals surface area contributed by atoms with E-state index in [4.69, 9.17) is 21.1 Å². The molecule has 0 amide bonds. The number of halogens is 1. The van der Waals surface area contributed by atoms with Crippen LogP contribution in [0.15, 0.2) is 59.1 Å². The molecule has 0 saturated heterocycles. The van der Waals surface area contributed by atoms with Crippen LogP contribution in [0.2, 0.25) is 5.02 Å². The minimum absolute atomic E-state index is 0.423. The number of nitrogens with zero attached hydrogens (tertiary/aromatic N) is 5. The van der Waals surface area contributed by atoms with Crippen molar-refractivity contribution in [2.45, 2.75) is 24.1 Å². The number of benzene rings is 2. The Balaban J connectivity index is 1.31. The Labute approximate surface area is 187 Å². The first-order chi connectivity index (χ1) is 14.7. The summed E-state index contributed by atoms with van der Waals surface area (Å²) in [5.74, 6) is 2.27. The maximum atomic E-state index is 5.89. The SMILES string of the molecule is COc1ccc(Cn2nnnc2SCc2csc(COc3ccc(Cl)cc3)n2)cc1. The van der Waals surface area contributed by atoms with E-state index in [-0.39, 0.29) is 0 Å². The van der Waals surface area contributed by atoms with Crippen LogP contribution in [0.1, 0.15) is 16.3 Å². The summed E-state index contributed by atoms with van der Waals surface area (Å²) >= 11 is 9.02. The fourth-order valence-electron chi connectivity index (χ4n) is 2.60. The minimum Gasteiger partial charge on any atom is -0.497 e. The monoisotopic (exact) mass is 459 g/mol. The molecule has 0 saturated carbocycles. The fourth-order valence-corrected chi connectivity index (χ4v) is 4.30. The van der Waals surface area contributed by atoms with Gasteiger partial charge in [-0.05, 0) is 52.4 Å². The van der Waals surface area contributed by atoms with E-state index in [1.54, 1.807) is 47.0 Å². The lowest BCUT2D eigenvalue weighted by atomic mass is 10.2. The van der Waals surface area contributed by atoms with Crippen molar-refractivity contribution in [3.63, 3.8) is 0 Å². The van der Waals surface area contributed by atoms with E-state index in [0.717, 1.165) is 32.9 Å². The topological polar surface area (TPSA) is 75.0 Å². The molecular weight excluding hydrogens is 442 g/mol. The second kappa shape index (κ2) is 9.92. The summed E-state index contributed by atoms with van der Waals surface area (Å²) in [5, 5.41) is 16.4. The number of aromatic nitrogens is 5. The van der Waals surface area contributed by atoms with E-state index in [2.05, 4.69) is 20.5 Å². The fraction of sp³-hybridized carbons (Fsp3) is 0.200. The number of hydrogen-bond donors (Lipinski definition) is 0. The molecule has 0 atom stereocenters. The highest BCUT2D eigenvalue weighted by Gasteiger charge is 2.10. The number of thiazole rings is 1. The molecule has 7 nitrogen and oxygen atoms in total. The molecule has 0 fully saturated rings. The van der Waals surface area contributed by atoms with Crippen LogP contribution < -0.4 is 9.47 Å². The maximum absolute atomic E-state index is 5.89. The quantitative estimate of drug-likeness (QED) is 0.335. The van der Waals surface area contributed by atoms with Crippen LogP contribution in [0.3, 0.4) is 0 Å². The van der Waals surface area contributed by atoms with Crippen molar-refractivity contribution in [3.8, 4) is 11.5 Å². The average Bonchev–Trinajstić information content (AvgIpc) is 3.41. The summed E-state index contributed by atoms with van der Waals surface area (Å²) in [6, 6.07) is 15.1. The molecule has 0 radical (unpaired) electrons. The van der Waals surface area contributed by atoms with E-state index in [1.165, 1.54) is 0 Å². The molecule has 0 N–H and O–H groups in total. The van der Waals surface area contributed by atoms with Crippen molar-refractivity contribution in [2.24, 2.45) is 0 Å². The third kappa shape index (κ3) is 5.50. The standard InChI is InChI=1S/C20H18ClN5O2S2/c1-27-17-6-2-14(3-7-17)10-26-20(23-24-25-26)30-13-16-12-29-19(22-16)11-28-18-8-4-15(21)5-9-18/h2-9,12H,10-11,13H2,1H3. The second-order valence-electron chi connectivity index (χ2n) is 6.23. The van der Waals surface area contributed by atoms with Crippen molar-refractivity contribution >= 4 is 34.7 Å². The largest absolute Gasteiger partial charge is 0.497 e. The van der Waals surface area contributed by atoms with E-state index >= 15 is 0 Å². The van der Waals surface area contributed by atoms with Gasteiger partial charge in [0.05, 0.1) is 19.3 Å². The Morgan fingerprint density at radius 2 is 1.83 bits per heavy atom. The smallest absolute Gasteiger partial charge is 0.210 e. The highest BCUT2D eigenvalue weighted by Crippen LogP contribution is 2.23. The molecule has 0 bridgehead atoms. The van der Waals surface area contributed by atoms with Gasteiger partial charge in [-0.1, -0.05) is 35.5 Å². The molecule has 0 spiro atoms. The molecule has 2 aromatic carbocycles. The number of thioether (sulfide) groups is 1. The van der Waals surface area contributed by atoms with Crippen LogP contribution in [-0.4, -0.2) is 32.3 Å². The van der Waals surface area contributed by atoms with Gasteiger partial charge in [0.15, 0.2) is 0 Å². The molecule has 4 rings (SSSR count). The lowest BCUT2D eigenvalue weighted by Crippen LogP contribution is -2.04. The zero-order valence-electron chi connectivity index (χ0n) is 16.1. The first-order valence-electron chi connectivity index (χ1n) is 9.03. The number of hydrogen-bond acceptors (Lipinski definition) is 8. The molecule has 4 aromatic rings. The van der Waals surface area contributed by atoms with Crippen molar-refractivity contribution in [2.75, 3.05) is 7.11 Å². The third-order valence-electron chi connectivity index (χ3n) is 4.11. The third-order valence-corrected chi connectivity index (χ3v) is 6.23. The second-order valence-corrected chi connectivity index (χ2v) is 8.55. The molecule has 0 unspecified atom stereocenters. The van der Waals surface area contributed by atoms with Gasteiger partial charge in [-0.25, -0.2) is 9.67 Å². The van der Waals surface area contributed by atoms with Crippen LogP contribution >= 0.6 is 34.7 Å². The van der Waals surface area contributed by atoms with Crippen LogP contribution in [0.4, 0.5) is 0 Å². The van der Waals surface area contributed by atoms with E-state index in [9.17, 15) is 0 Å². The van der Waals surface area contributed by atoms with Crippen LogP contribution in [0.5, 0.6) is 11.5 Å².